The van der Waals surface area contributed by atoms with Gasteiger partial charge in [0, 0.05) is 28.5 Å². The Morgan fingerprint density at radius 2 is 1.55 bits per heavy atom. The fourth-order valence-corrected chi connectivity index (χ4v) is 4.69. The maximum Gasteiger partial charge on any atom is 0.319 e. The van der Waals surface area contributed by atoms with Crippen molar-refractivity contribution < 1.29 is 22.8 Å². The van der Waals surface area contributed by atoms with Crippen molar-refractivity contribution in [1.82, 2.24) is 5.32 Å². The summed E-state index contributed by atoms with van der Waals surface area (Å²) < 4.78 is 22.9. The highest BCUT2D eigenvalue weighted by molar-refractivity contribution is 7.91. The number of benzene rings is 2. The van der Waals surface area contributed by atoms with Gasteiger partial charge in [0.15, 0.2) is 15.6 Å². The number of nitrogens with one attached hydrogen (secondary N) is 3. The van der Waals surface area contributed by atoms with Crippen molar-refractivity contribution in [2.45, 2.75) is 19.4 Å². The lowest BCUT2D eigenvalue weighted by Crippen LogP contribution is -2.38. The smallest absolute Gasteiger partial charge is 0.319 e. The fourth-order valence-electron chi connectivity index (χ4n) is 3.02. The van der Waals surface area contributed by atoms with E-state index in [2.05, 4.69) is 16.0 Å². The molecule has 3 amide bonds. The SMILES string of the molecule is CC(=O)c1cccc(NC(=O)c2cccc(NC(=O)NC3CCS(=O)(=O)C3)c2)c1. The third-order valence-electron chi connectivity index (χ3n) is 4.48. The van der Waals surface area contributed by atoms with Crippen molar-refractivity contribution in [3.05, 3.63) is 59.7 Å². The van der Waals surface area contributed by atoms with Gasteiger partial charge in [-0.3, -0.25) is 9.59 Å². The van der Waals surface area contributed by atoms with Gasteiger partial charge in [0.2, 0.25) is 0 Å². The first-order valence-electron chi connectivity index (χ1n) is 9.02. The number of carbonyl (C=O) groups excluding carboxylic acids is 3. The van der Waals surface area contributed by atoms with Gasteiger partial charge >= 0.3 is 6.03 Å². The maximum absolute atomic E-state index is 12.5. The van der Waals surface area contributed by atoms with E-state index in [0.29, 0.717) is 28.9 Å². The lowest BCUT2D eigenvalue weighted by Gasteiger charge is -2.13. The summed E-state index contributed by atoms with van der Waals surface area (Å²) in [7, 11) is -3.09. The van der Waals surface area contributed by atoms with Gasteiger partial charge in [-0.15, -0.1) is 0 Å². The van der Waals surface area contributed by atoms with Gasteiger partial charge < -0.3 is 16.0 Å². The number of hydrogen-bond acceptors (Lipinski definition) is 5. The largest absolute Gasteiger partial charge is 0.334 e. The van der Waals surface area contributed by atoms with Crippen LogP contribution in [0.15, 0.2) is 48.5 Å². The van der Waals surface area contributed by atoms with Crippen molar-refractivity contribution in [3.63, 3.8) is 0 Å². The van der Waals surface area contributed by atoms with E-state index in [1.807, 2.05) is 0 Å². The molecule has 0 aliphatic carbocycles. The van der Waals surface area contributed by atoms with Gasteiger partial charge in [-0.2, -0.15) is 0 Å². The molecule has 3 N–H and O–H groups in total. The summed E-state index contributed by atoms with van der Waals surface area (Å²) in [6.07, 6.45) is 0.386. The second-order valence-corrected chi connectivity index (χ2v) is 9.10. The molecular formula is C20H21N3O5S. The third kappa shape index (κ3) is 5.64. The van der Waals surface area contributed by atoms with E-state index in [0.717, 1.165) is 0 Å². The summed E-state index contributed by atoms with van der Waals surface area (Å²) in [6, 6.07) is 12.0. The predicted octanol–water partition coefficient (Wildman–Crippen LogP) is 2.45. The summed E-state index contributed by atoms with van der Waals surface area (Å²) >= 11 is 0. The standard InChI is InChI=1S/C20H21N3O5S/c1-13(24)14-4-2-6-16(10-14)21-19(25)15-5-3-7-17(11-15)22-20(26)23-18-8-9-29(27,28)12-18/h2-7,10-11,18H,8-9,12H2,1H3,(H,21,25)(H2,22,23,26). The minimum Gasteiger partial charge on any atom is -0.334 e. The first-order valence-corrected chi connectivity index (χ1v) is 10.8. The molecule has 0 saturated carbocycles. The van der Waals surface area contributed by atoms with Crippen LogP contribution in [0.1, 0.15) is 34.1 Å². The highest BCUT2D eigenvalue weighted by Gasteiger charge is 2.28. The summed E-state index contributed by atoms with van der Waals surface area (Å²) in [6.45, 7) is 1.45. The number of urea groups is 1. The summed E-state index contributed by atoms with van der Waals surface area (Å²) in [5.41, 5.74) is 1.69. The van der Waals surface area contributed by atoms with E-state index in [1.165, 1.54) is 13.0 Å². The molecule has 1 saturated heterocycles. The summed E-state index contributed by atoms with van der Waals surface area (Å²) in [5, 5.41) is 7.95. The lowest BCUT2D eigenvalue weighted by atomic mass is 10.1. The molecule has 0 spiro atoms. The van der Waals surface area contributed by atoms with E-state index in [-0.39, 0.29) is 17.3 Å². The molecule has 9 heteroatoms. The van der Waals surface area contributed by atoms with Crippen molar-refractivity contribution in [3.8, 4) is 0 Å². The Labute approximate surface area is 168 Å². The first-order chi connectivity index (χ1) is 13.7. The fraction of sp³-hybridized carbons (Fsp3) is 0.250. The normalized spacial score (nSPS) is 17.3. The quantitative estimate of drug-likeness (QED) is 0.648. The molecule has 1 atom stereocenters. The van der Waals surface area contributed by atoms with Gasteiger partial charge in [-0.05, 0) is 43.7 Å². The summed E-state index contributed by atoms with van der Waals surface area (Å²) in [4.78, 5) is 36.1. The van der Waals surface area contributed by atoms with E-state index in [4.69, 9.17) is 0 Å². The minimum atomic E-state index is -3.09. The monoisotopic (exact) mass is 415 g/mol. The van der Waals surface area contributed by atoms with Crippen molar-refractivity contribution >= 4 is 38.9 Å². The number of hydrogen-bond donors (Lipinski definition) is 3. The van der Waals surface area contributed by atoms with Crippen LogP contribution in [0, 0.1) is 0 Å². The molecule has 0 bridgehead atoms. The van der Waals surface area contributed by atoms with Crippen LogP contribution in [0.4, 0.5) is 16.2 Å². The second-order valence-electron chi connectivity index (χ2n) is 6.87. The molecule has 29 heavy (non-hydrogen) atoms. The van der Waals surface area contributed by atoms with Gasteiger partial charge in [-0.25, -0.2) is 13.2 Å². The zero-order valence-corrected chi connectivity index (χ0v) is 16.6. The molecule has 3 rings (SSSR count). The number of anilines is 2. The molecular weight excluding hydrogens is 394 g/mol. The molecule has 8 nitrogen and oxygen atoms in total. The third-order valence-corrected chi connectivity index (χ3v) is 6.25. The van der Waals surface area contributed by atoms with E-state index in [9.17, 15) is 22.8 Å². The number of ketones is 1. The summed E-state index contributed by atoms with van der Waals surface area (Å²) in [5.74, 6) is -0.495. The van der Waals surface area contributed by atoms with Gasteiger partial charge in [0.1, 0.15) is 0 Å². The minimum absolute atomic E-state index is 0.0673. The highest BCUT2D eigenvalue weighted by Crippen LogP contribution is 2.16. The molecule has 1 aliphatic rings. The van der Waals surface area contributed by atoms with E-state index >= 15 is 0 Å². The zero-order chi connectivity index (χ0) is 21.0. The molecule has 1 unspecified atom stereocenters. The zero-order valence-electron chi connectivity index (χ0n) is 15.8. The number of Topliss-reactive ketones (excluding diaryl/α,β-unsaturated/α-hetero) is 1. The molecule has 1 fully saturated rings. The number of amides is 3. The van der Waals surface area contributed by atoms with Gasteiger partial charge in [0.05, 0.1) is 11.5 Å². The predicted molar refractivity (Wildman–Crippen MR) is 110 cm³/mol. The molecule has 152 valence electrons. The number of sulfone groups is 1. The molecule has 1 aliphatic heterocycles. The van der Waals surface area contributed by atoms with Gasteiger partial charge in [0.25, 0.3) is 5.91 Å². The van der Waals surface area contributed by atoms with E-state index in [1.54, 1.807) is 42.5 Å². The van der Waals surface area contributed by atoms with E-state index < -0.39 is 27.8 Å². The Kier molecular flexibility index (Phi) is 5.97. The average molecular weight is 415 g/mol. The molecule has 2 aromatic carbocycles. The van der Waals surface area contributed by atoms with Crippen LogP contribution in [0.5, 0.6) is 0 Å². The second kappa shape index (κ2) is 8.44. The first kappa shape index (κ1) is 20.5. The van der Waals surface area contributed by atoms with Crippen LogP contribution < -0.4 is 16.0 Å². The van der Waals surface area contributed by atoms with Crippen molar-refractivity contribution in [1.29, 1.82) is 0 Å². The molecule has 0 aromatic heterocycles. The molecule has 0 radical (unpaired) electrons. The van der Waals surface area contributed by atoms with Gasteiger partial charge in [-0.1, -0.05) is 18.2 Å². The highest BCUT2D eigenvalue weighted by atomic mass is 32.2. The number of carbonyl (C=O) groups is 3. The topological polar surface area (TPSA) is 121 Å². The van der Waals surface area contributed by atoms with Crippen LogP contribution in [-0.4, -0.2) is 43.7 Å². The maximum atomic E-state index is 12.5. The lowest BCUT2D eigenvalue weighted by molar-refractivity contribution is 0.101. The van der Waals surface area contributed by atoms with Crippen LogP contribution in [0.2, 0.25) is 0 Å². The Bertz CT molecular complexity index is 1070. The van der Waals surface area contributed by atoms with Crippen molar-refractivity contribution in [2.75, 3.05) is 22.1 Å². The Morgan fingerprint density at radius 1 is 0.931 bits per heavy atom. The Balaban J connectivity index is 1.63. The molecule has 2 aromatic rings. The van der Waals surface area contributed by atoms with Crippen molar-refractivity contribution in [2.24, 2.45) is 0 Å². The Hall–Kier alpha value is -3.20. The van der Waals surface area contributed by atoms with Crippen LogP contribution in [0.25, 0.3) is 0 Å². The van der Waals surface area contributed by atoms with Crippen LogP contribution in [0.3, 0.4) is 0 Å². The Morgan fingerprint density at radius 3 is 2.17 bits per heavy atom. The van der Waals surface area contributed by atoms with Crippen LogP contribution >= 0.6 is 0 Å². The molecule has 1 heterocycles. The number of rotatable bonds is 5. The van der Waals surface area contributed by atoms with Crippen LogP contribution in [-0.2, 0) is 9.84 Å². The average Bonchev–Trinajstić information content (AvgIpc) is 3.00.